The van der Waals surface area contributed by atoms with Crippen molar-refractivity contribution in [2.75, 3.05) is 6.61 Å². The Morgan fingerprint density at radius 1 is 0.913 bits per heavy atom. The second-order valence-electron chi connectivity index (χ2n) is 5.68. The summed E-state index contributed by atoms with van der Waals surface area (Å²) in [5.41, 5.74) is 0. The normalized spacial score (nSPS) is 11.8. The molecule has 23 heavy (non-hydrogen) atoms. The van der Waals surface area contributed by atoms with Crippen molar-refractivity contribution >= 4 is 33.3 Å². The lowest BCUT2D eigenvalue weighted by molar-refractivity contribution is 0.306. The number of halogens is 2. The third-order valence-electron chi connectivity index (χ3n) is 3.65. The van der Waals surface area contributed by atoms with Gasteiger partial charge in [-0.05, 0) is 24.6 Å². The Labute approximate surface area is 150 Å². The van der Waals surface area contributed by atoms with E-state index in [1.165, 1.54) is 50.7 Å². The standard InChI is InChI=1S/C17H26Cl2O3S/c1-2-3-4-5-6-7-8-9-10-13-22-23(20,21)17-14-15(18)11-12-16(17)19/h11-12,14H,2-10,13H2,1H3. The predicted octanol–water partition coefficient (Wildman–Crippen LogP) is 6.23. The minimum absolute atomic E-state index is 0.0670. The fourth-order valence-corrected chi connectivity index (χ4v) is 3.99. The van der Waals surface area contributed by atoms with E-state index in [9.17, 15) is 8.42 Å². The van der Waals surface area contributed by atoms with Crippen LogP contribution in [0, 0.1) is 0 Å². The van der Waals surface area contributed by atoms with E-state index < -0.39 is 10.1 Å². The van der Waals surface area contributed by atoms with Crippen molar-refractivity contribution in [1.29, 1.82) is 0 Å². The van der Waals surface area contributed by atoms with Gasteiger partial charge in [0.05, 0.1) is 11.6 Å². The van der Waals surface area contributed by atoms with Crippen molar-refractivity contribution in [3.63, 3.8) is 0 Å². The van der Waals surface area contributed by atoms with Crippen LogP contribution < -0.4 is 0 Å². The maximum absolute atomic E-state index is 12.1. The first kappa shape index (κ1) is 20.8. The fourth-order valence-electron chi connectivity index (χ4n) is 2.31. The van der Waals surface area contributed by atoms with E-state index in [1.807, 2.05) is 0 Å². The van der Waals surface area contributed by atoms with Crippen LogP contribution in [0.2, 0.25) is 10.0 Å². The summed E-state index contributed by atoms with van der Waals surface area (Å²) in [6, 6.07) is 4.32. The van der Waals surface area contributed by atoms with Crippen molar-refractivity contribution in [3.8, 4) is 0 Å². The van der Waals surface area contributed by atoms with Crippen LogP contribution >= 0.6 is 23.2 Å². The third-order valence-corrected chi connectivity index (χ3v) is 5.68. The molecular formula is C17H26Cl2O3S. The van der Waals surface area contributed by atoms with Gasteiger partial charge in [0, 0.05) is 5.02 Å². The van der Waals surface area contributed by atoms with Gasteiger partial charge in [-0.1, -0.05) is 81.5 Å². The largest absolute Gasteiger partial charge is 0.298 e. The monoisotopic (exact) mass is 380 g/mol. The Morgan fingerprint density at radius 3 is 2.09 bits per heavy atom. The van der Waals surface area contributed by atoms with Gasteiger partial charge in [0.1, 0.15) is 4.90 Å². The maximum atomic E-state index is 12.1. The Morgan fingerprint density at radius 2 is 1.48 bits per heavy atom. The molecule has 6 heteroatoms. The number of hydrogen-bond acceptors (Lipinski definition) is 3. The molecule has 0 unspecified atom stereocenters. The lowest BCUT2D eigenvalue weighted by atomic mass is 10.1. The summed E-state index contributed by atoms with van der Waals surface area (Å²) in [5.74, 6) is 0. The van der Waals surface area contributed by atoms with Gasteiger partial charge in [0.25, 0.3) is 10.1 Å². The van der Waals surface area contributed by atoms with Crippen LogP contribution in [0.4, 0.5) is 0 Å². The molecule has 132 valence electrons. The molecule has 0 aliphatic rings. The lowest BCUT2D eigenvalue weighted by Crippen LogP contribution is -2.08. The summed E-state index contributed by atoms with van der Waals surface area (Å²) in [6.07, 6.45) is 10.5. The van der Waals surface area contributed by atoms with E-state index in [0.29, 0.717) is 5.02 Å². The average Bonchev–Trinajstić information content (AvgIpc) is 2.51. The van der Waals surface area contributed by atoms with Crippen LogP contribution in [-0.2, 0) is 14.3 Å². The topological polar surface area (TPSA) is 43.4 Å². The minimum Gasteiger partial charge on any atom is -0.266 e. The maximum Gasteiger partial charge on any atom is 0.298 e. The molecule has 0 spiro atoms. The van der Waals surface area contributed by atoms with E-state index in [-0.39, 0.29) is 16.5 Å². The van der Waals surface area contributed by atoms with Crippen molar-refractivity contribution < 1.29 is 12.6 Å². The molecule has 0 atom stereocenters. The number of benzene rings is 1. The van der Waals surface area contributed by atoms with Gasteiger partial charge >= 0.3 is 0 Å². The van der Waals surface area contributed by atoms with E-state index in [0.717, 1.165) is 19.3 Å². The summed E-state index contributed by atoms with van der Waals surface area (Å²) in [6.45, 7) is 2.39. The highest BCUT2D eigenvalue weighted by atomic mass is 35.5. The Balaban J connectivity index is 2.21. The summed E-state index contributed by atoms with van der Waals surface area (Å²) >= 11 is 11.7. The Kier molecular flexibility index (Phi) is 10.2. The Bertz CT molecular complexity index is 559. The summed E-state index contributed by atoms with van der Waals surface area (Å²) in [4.78, 5) is -0.0670. The van der Waals surface area contributed by atoms with Crippen LogP contribution in [0.3, 0.4) is 0 Å². The van der Waals surface area contributed by atoms with E-state index >= 15 is 0 Å². The molecule has 0 bridgehead atoms. The second kappa shape index (κ2) is 11.3. The molecule has 0 fully saturated rings. The number of hydrogen-bond donors (Lipinski definition) is 0. The molecule has 0 amide bonds. The third kappa shape index (κ3) is 8.39. The molecular weight excluding hydrogens is 355 g/mol. The van der Waals surface area contributed by atoms with E-state index in [4.69, 9.17) is 27.4 Å². The number of rotatable bonds is 12. The highest BCUT2D eigenvalue weighted by molar-refractivity contribution is 7.86. The highest BCUT2D eigenvalue weighted by Crippen LogP contribution is 2.26. The van der Waals surface area contributed by atoms with Crippen molar-refractivity contribution in [1.82, 2.24) is 0 Å². The molecule has 0 aliphatic heterocycles. The first-order valence-corrected chi connectivity index (χ1v) is 10.5. The zero-order valence-electron chi connectivity index (χ0n) is 13.7. The molecule has 1 rings (SSSR count). The molecule has 0 radical (unpaired) electrons. The van der Waals surface area contributed by atoms with Gasteiger partial charge in [-0.25, -0.2) is 0 Å². The molecule has 0 saturated carbocycles. The van der Waals surface area contributed by atoms with Gasteiger partial charge in [-0.3, -0.25) is 4.18 Å². The van der Waals surface area contributed by atoms with E-state index in [1.54, 1.807) is 6.07 Å². The highest BCUT2D eigenvalue weighted by Gasteiger charge is 2.19. The van der Waals surface area contributed by atoms with Crippen LogP contribution in [0.5, 0.6) is 0 Å². The van der Waals surface area contributed by atoms with Crippen LogP contribution in [0.15, 0.2) is 23.1 Å². The fraction of sp³-hybridized carbons (Fsp3) is 0.647. The first-order valence-electron chi connectivity index (χ1n) is 8.32. The molecule has 0 saturated heterocycles. The second-order valence-corrected chi connectivity index (χ2v) is 8.11. The van der Waals surface area contributed by atoms with Crippen LogP contribution in [0.1, 0.15) is 64.7 Å². The van der Waals surface area contributed by atoms with Crippen molar-refractivity contribution in [3.05, 3.63) is 28.2 Å². The van der Waals surface area contributed by atoms with E-state index in [2.05, 4.69) is 6.92 Å². The summed E-state index contributed by atoms with van der Waals surface area (Å²) < 4.78 is 29.2. The molecule has 0 heterocycles. The molecule has 1 aromatic rings. The molecule has 0 N–H and O–H groups in total. The van der Waals surface area contributed by atoms with Gasteiger partial charge in [0.15, 0.2) is 0 Å². The number of unbranched alkanes of at least 4 members (excludes halogenated alkanes) is 8. The van der Waals surface area contributed by atoms with Crippen molar-refractivity contribution in [2.24, 2.45) is 0 Å². The quantitative estimate of drug-likeness (QED) is 0.318. The molecule has 3 nitrogen and oxygen atoms in total. The predicted molar refractivity (Wildman–Crippen MR) is 96.8 cm³/mol. The summed E-state index contributed by atoms with van der Waals surface area (Å²) in [7, 11) is -3.84. The van der Waals surface area contributed by atoms with Gasteiger partial charge in [-0.2, -0.15) is 8.42 Å². The molecule has 0 aromatic heterocycles. The van der Waals surface area contributed by atoms with Crippen LogP contribution in [0.25, 0.3) is 0 Å². The Hall–Kier alpha value is -0.290. The molecule has 0 aliphatic carbocycles. The molecule has 1 aromatic carbocycles. The SMILES string of the molecule is CCCCCCCCCCCOS(=O)(=O)c1cc(Cl)ccc1Cl. The first-order chi connectivity index (χ1) is 11.0. The zero-order chi connectivity index (χ0) is 17.1. The van der Waals surface area contributed by atoms with Gasteiger partial charge < -0.3 is 0 Å². The minimum atomic E-state index is -3.84. The zero-order valence-corrected chi connectivity index (χ0v) is 16.0. The van der Waals surface area contributed by atoms with Crippen LogP contribution in [-0.4, -0.2) is 15.0 Å². The van der Waals surface area contributed by atoms with Gasteiger partial charge in [-0.15, -0.1) is 0 Å². The van der Waals surface area contributed by atoms with Gasteiger partial charge in [0.2, 0.25) is 0 Å². The smallest absolute Gasteiger partial charge is 0.266 e. The average molecular weight is 381 g/mol. The summed E-state index contributed by atoms with van der Waals surface area (Å²) in [5, 5.41) is 0.445. The van der Waals surface area contributed by atoms with Crippen molar-refractivity contribution in [2.45, 2.75) is 69.6 Å². The lowest BCUT2D eigenvalue weighted by Gasteiger charge is -2.07.